The molecule has 0 atom stereocenters. The number of para-hydroxylation sites is 8. The number of nitrogens with zero attached hydrogens (tertiary/aromatic N) is 10. The zero-order valence-electron chi connectivity index (χ0n) is 80.7. The van der Waals surface area contributed by atoms with Crippen LogP contribution < -0.4 is 19.6 Å². The summed E-state index contributed by atoms with van der Waals surface area (Å²) in [6.07, 6.45) is 0. The maximum atomic E-state index is 5.35. The molecule has 0 amide bonds. The first-order valence-corrected chi connectivity index (χ1v) is 48.9. The van der Waals surface area contributed by atoms with E-state index in [0.29, 0.717) is 17.5 Å². The topological polar surface area (TPSA) is 90.3 Å². The number of rotatable bonds is 14. The minimum absolute atomic E-state index is 0.0802. The van der Waals surface area contributed by atoms with Gasteiger partial charge in [-0.05, 0) is 189 Å². The normalized spacial score (nSPS) is 13.8. The van der Waals surface area contributed by atoms with Gasteiger partial charge in [-0.3, -0.25) is 0 Å². The van der Waals surface area contributed by atoms with Gasteiger partial charge in [-0.25, -0.2) is 29.9 Å². The summed E-state index contributed by atoms with van der Waals surface area (Å²) in [6.45, 7) is 18.6. The van der Waals surface area contributed by atoms with E-state index in [4.69, 9.17) is 29.9 Å². The summed E-state index contributed by atoms with van der Waals surface area (Å²) in [4.78, 5) is 40.5. The fourth-order valence-corrected chi connectivity index (χ4v) is 21.4. The molecule has 7 heterocycles. The minimum atomic E-state index is -0.182. The molecule has 10 heteroatoms. The molecule has 3 aromatic heterocycles. The van der Waals surface area contributed by atoms with Crippen LogP contribution in [0.2, 0.25) is 0 Å². The second-order valence-electron chi connectivity index (χ2n) is 39.0. The lowest BCUT2D eigenvalue weighted by atomic mass is 9.73. The van der Waals surface area contributed by atoms with Crippen molar-refractivity contribution >= 4 is 68.2 Å². The van der Waals surface area contributed by atoms with Crippen LogP contribution in [-0.2, 0) is 21.7 Å². The van der Waals surface area contributed by atoms with E-state index in [1.807, 2.05) is 60.7 Å². The van der Waals surface area contributed by atoms with Gasteiger partial charge in [0, 0.05) is 94.5 Å². The van der Waals surface area contributed by atoms with Crippen molar-refractivity contribution < 1.29 is 0 Å². The standard InChI is InChI=1S/C52H42N4.C43H33N3.C37H29N3/c1-51(2)40-23-11-15-27-46(40)55(47-28-16-12-24-41(47)51)38-31-37(50-53-44(35-19-7-5-8-20-35)34-45(54-50)36-21-9-6-10-22-36)32-39(33-38)56-48-29-17-13-25-42(48)52(3,4)43-26-14-18-30-49(43)56;1-43(2)36-17-9-11-19-40(36)46(41-20-12-10-18-37(41)43)35-27-25-34(26-28-35)42-44-38(32-15-7-4-8-16-32)29-39(45-42)33-23-21-31(22-24-33)30-13-5-3-6-14-30;1-37(2)30-17-9-11-19-34(30)40(35-20-12-10-18-31(35)37)29-23-21-28(22-24-29)36-38-32(26-13-5-3-6-14-26)25-33(39-36)27-15-7-4-8-16-27/h5-34H,1-4H3;3-29H,1-2H3;3-25H,1-2H3. The molecule has 142 heavy (non-hydrogen) atoms. The Hall–Kier alpha value is -17.6. The third kappa shape index (κ3) is 16.3. The van der Waals surface area contributed by atoms with Crippen molar-refractivity contribution in [2.45, 2.75) is 77.0 Å². The van der Waals surface area contributed by atoms with Crippen molar-refractivity contribution in [2.75, 3.05) is 19.6 Å². The molecular weight excluding hydrogens is 1730 g/mol. The fraction of sp³-hybridized carbons (Fsp3) is 0.0909. The Morgan fingerprint density at radius 1 is 0.134 bits per heavy atom. The summed E-state index contributed by atoms with van der Waals surface area (Å²) in [5.41, 5.74) is 40.8. The second kappa shape index (κ2) is 36.7. The lowest BCUT2D eigenvalue weighted by Gasteiger charge is -2.43. The van der Waals surface area contributed by atoms with Crippen LogP contribution in [0.3, 0.4) is 0 Å². The molecule has 0 saturated carbocycles. The van der Waals surface area contributed by atoms with Crippen molar-refractivity contribution in [3.8, 4) is 113 Å². The Balaban J connectivity index is 0.000000120. The first-order valence-electron chi connectivity index (χ1n) is 48.9. The summed E-state index contributed by atoms with van der Waals surface area (Å²) < 4.78 is 0. The first kappa shape index (κ1) is 88.4. The molecule has 0 unspecified atom stereocenters. The van der Waals surface area contributed by atoms with Gasteiger partial charge in [0.05, 0.1) is 79.7 Å². The molecule has 18 aromatic carbocycles. The van der Waals surface area contributed by atoms with E-state index < -0.39 is 0 Å². The second-order valence-corrected chi connectivity index (χ2v) is 39.0. The van der Waals surface area contributed by atoms with Crippen LogP contribution in [0, 0.1) is 0 Å². The first-order chi connectivity index (χ1) is 69.4. The molecule has 0 N–H and O–H groups in total. The molecule has 0 spiro atoms. The Kier molecular flexibility index (Phi) is 22.9. The van der Waals surface area contributed by atoms with Gasteiger partial charge < -0.3 is 19.6 Å². The highest BCUT2D eigenvalue weighted by atomic mass is 15.2. The fourth-order valence-electron chi connectivity index (χ4n) is 21.4. The van der Waals surface area contributed by atoms with Gasteiger partial charge in [0.25, 0.3) is 0 Å². The average molecular weight is 1830 g/mol. The number of benzene rings is 18. The number of hydrogen-bond acceptors (Lipinski definition) is 10. The molecular formula is C132H104N10. The summed E-state index contributed by atoms with van der Waals surface area (Å²) in [5.74, 6) is 2.09. The summed E-state index contributed by atoms with van der Waals surface area (Å²) in [5, 5.41) is 0. The lowest BCUT2D eigenvalue weighted by molar-refractivity contribution is 0.631. The predicted molar refractivity (Wildman–Crippen MR) is 588 cm³/mol. The van der Waals surface area contributed by atoms with Crippen LogP contribution in [-0.4, -0.2) is 29.9 Å². The van der Waals surface area contributed by atoms with Gasteiger partial charge in [-0.2, -0.15) is 0 Å². The van der Waals surface area contributed by atoms with Gasteiger partial charge in [-0.15, -0.1) is 0 Å². The number of anilines is 12. The number of aromatic nitrogens is 6. The summed E-state index contributed by atoms with van der Waals surface area (Å²) in [6, 6.07) is 172. The van der Waals surface area contributed by atoms with E-state index in [1.165, 1.54) is 101 Å². The molecule has 4 aliphatic heterocycles. The summed E-state index contributed by atoms with van der Waals surface area (Å²) >= 11 is 0. The van der Waals surface area contributed by atoms with Gasteiger partial charge in [0.1, 0.15) is 0 Å². The van der Waals surface area contributed by atoms with Crippen LogP contribution in [0.15, 0.2) is 485 Å². The van der Waals surface area contributed by atoms with E-state index in [-0.39, 0.29) is 21.7 Å². The maximum absolute atomic E-state index is 5.35. The van der Waals surface area contributed by atoms with Crippen LogP contribution in [0.1, 0.15) is 99.9 Å². The zero-order valence-corrected chi connectivity index (χ0v) is 80.7. The Morgan fingerprint density at radius 3 is 0.521 bits per heavy atom. The molecule has 0 fully saturated rings. The van der Waals surface area contributed by atoms with E-state index in [0.717, 1.165) is 107 Å². The molecule has 0 radical (unpaired) electrons. The number of hydrogen-bond donors (Lipinski definition) is 0. The van der Waals surface area contributed by atoms with E-state index >= 15 is 0 Å². The Morgan fingerprint density at radius 2 is 0.296 bits per heavy atom. The smallest absolute Gasteiger partial charge is 0.160 e. The monoisotopic (exact) mass is 1830 g/mol. The number of fused-ring (bicyclic) bond motifs is 8. The SMILES string of the molecule is CC1(C)c2ccccc2N(c2cc(-c3nc(-c4ccccc4)cc(-c4ccccc4)n3)cc(N3c4ccccc4C(C)(C)c4ccccc43)c2)c2ccccc21.CC1(C)c2ccccc2N(c2ccc(-c3nc(-c4ccccc4)cc(-c4ccc(-c5ccccc5)cc4)n3)cc2)c2ccccc21.CC1(C)c2ccccc2N(c2ccc(-c3nc(-c4ccccc4)cc(-c4ccccc4)n3)cc2)c2ccccc21. The van der Waals surface area contributed by atoms with Gasteiger partial charge in [-0.1, -0.05) is 407 Å². The largest absolute Gasteiger partial charge is 0.310 e. The van der Waals surface area contributed by atoms with Crippen LogP contribution >= 0.6 is 0 Å². The molecule has 4 aliphatic rings. The van der Waals surface area contributed by atoms with Gasteiger partial charge >= 0.3 is 0 Å². The molecule has 0 saturated heterocycles. The highest BCUT2D eigenvalue weighted by Crippen LogP contribution is 2.59. The third-order valence-electron chi connectivity index (χ3n) is 28.8. The van der Waals surface area contributed by atoms with Crippen molar-refractivity contribution in [3.63, 3.8) is 0 Å². The predicted octanol–water partition coefficient (Wildman–Crippen LogP) is 34.5. The highest BCUT2D eigenvalue weighted by molar-refractivity contribution is 5.95. The van der Waals surface area contributed by atoms with Gasteiger partial charge in [0.15, 0.2) is 17.5 Å². The van der Waals surface area contributed by atoms with Crippen molar-refractivity contribution in [2.24, 2.45) is 0 Å². The average Bonchev–Trinajstić information content (AvgIpc) is 0.670. The molecule has 0 bridgehead atoms. The third-order valence-corrected chi connectivity index (χ3v) is 28.8. The Labute approximate surface area is 831 Å². The molecule has 0 aliphatic carbocycles. The molecule has 10 nitrogen and oxygen atoms in total. The van der Waals surface area contributed by atoms with E-state index in [2.05, 4.69) is 500 Å². The zero-order chi connectivity index (χ0) is 96.2. The molecule has 21 aromatic rings. The molecule has 682 valence electrons. The van der Waals surface area contributed by atoms with E-state index in [1.54, 1.807) is 0 Å². The Bertz CT molecular complexity index is 7820. The minimum Gasteiger partial charge on any atom is -0.310 e. The van der Waals surface area contributed by atoms with Crippen molar-refractivity contribution in [1.82, 2.24) is 29.9 Å². The quantitative estimate of drug-likeness (QED) is 0.105. The summed E-state index contributed by atoms with van der Waals surface area (Å²) in [7, 11) is 0. The highest BCUT2D eigenvalue weighted by Gasteiger charge is 2.42. The molecule has 25 rings (SSSR count). The van der Waals surface area contributed by atoms with Crippen molar-refractivity contribution in [3.05, 3.63) is 530 Å². The van der Waals surface area contributed by atoms with Crippen LogP contribution in [0.5, 0.6) is 0 Å². The van der Waals surface area contributed by atoms with Crippen LogP contribution in [0.4, 0.5) is 68.2 Å². The van der Waals surface area contributed by atoms with Gasteiger partial charge in [0.2, 0.25) is 0 Å². The van der Waals surface area contributed by atoms with E-state index in [9.17, 15) is 0 Å². The van der Waals surface area contributed by atoms with Crippen LogP contribution in [0.25, 0.3) is 113 Å². The maximum Gasteiger partial charge on any atom is 0.160 e. The van der Waals surface area contributed by atoms with Crippen molar-refractivity contribution in [1.29, 1.82) is 0 Å². The lowest BCUT2D eigenvalue weighted by Crippen LogP contribution is -2.31.